The van der Waals surface area contributed by atoms with Gasteiger partial charge in [-0.05, 0) is 144 Å². The fraction of sp³-hybridized carbons (Fsp3) is 0. The van der Waals surface area contributed by atoms with E-state index in [-0.39, 0.29) is 0 Å². The fourth-order valence-corrected chi connectivity index (χ4v) is 10.8. The van der Waals surface area contributed by atoms with E-state index < -0.39 is 0 Å². The third-order valence-electron chi connectivity index (χ3n) is 13.6. The summed E-state index contributed by atoms with van der Waals surface area (Å²) in [6.07, 6.45) is 0. The van der Waals surface area contributed by atoms with Gasteiger partial charge in [0.25, 0.3) is 0 Å². The van der Waals surface area contributed by atoms with Crippen LogP contribution in [0.15, 0.2) is 218 Å². The van der Waals surface area contributed by atoms with Gasteiger partial charge in [0.2, 0.25) is 0 Å². The Hall–Kier alpha value is -8.20. The van der Waals surface area contributed by atoms with Gasteiger partial charge in [0.1, 0.15) is 0 Å². The zero-order chi connectivity index (χ0) is 40.5. The zero-order valence-electron chi connectivity index (χ0n) is 33.7. The first-order valence-corrected chi connectivity index (χ1v) is 21.5. The molecule has 0 bridgehead atoms. The van der Waals surface area contributed by atoms with Crippen LogP contribution in [0.1, 0.15) is 0 Å². The lowest BCUT2D eigenvalue weighted by Crippen LogP contribution is -1.95. The van der Waals surface area contributed by atoms with E-state index in [0.29, 0.717) is 0 Å². The van der Waals surface area contributed by atoms with Gasteiger partial charge in [0.15, 0.2) is 0 Å². The van der Waals surface area contributed by atoms with Crippen molar-refractivity contribution in [1.29, 1.82) is 0 Å². The number of rotatable bonds is 4. The quantitative estimate of drug-likeness (QED) is 0.168. The van der Waals surface area contributed by atoms with Crippen molar-refractivity contribution < 1.29 is 0 Å². The number of hydrogen-bond donors (Lipinski definition) is 0. The molecule has 62 heavy (non-hydrogen) atoms. The highest BCUT2D eigenvalue weighted by atomic mass is 15.0. The summed E-state index contributed by atoms with van der Waals surface area (Å²) in [6.45, 7) is 0. The second-order valence-corrected chi connectivity index (χ2v) is 16.9. The monoisotopic (exact) mass is 784 g/mol. The van der Waals surface area contributed by atoms with Crippen LogP contribution in [0, 0.1) is 0 Å². The van der Waals surface area contributed by atoms with Gasteiger partial charge in [-0.15, -0.1) is 0 Å². The van der Waals surface area contributed by atoms with Crippen molar-refractivity contribution >= 4 is 75.9 Å². The number of para-hydroxylation sites is 1. The second kappa shape index (κ2) is 12.7. The summed E-state index contributed by atoms with van der Waals surface area (Å²) in [7, 11) is 0. The molecule has 2 aromatic heterocycles. The van der Waals surface area contributed by atoms with Crippen molar-refractivity contribution in [2.24, 2.45) is 0 Å². The van der Waals surface area contributed by atoms with Crippen molar-refractivity contribution in [3.8, 4) is 55.9 Å². The van der Waals surface area contributed by atoms with Crippen LogP contribution in [0.5, 0.6) is 0 Å². The molecule has 0 spiro atoms. The zero-order valence-corrected chi connectivity index (χ0v) is 33.7. The number of fused-ring (bicyclic) bond motifs is 12. The molecule has 11 aromatic carbocycles. The summed E-state index contributed by atoms with van der Waals surface area (Å²) in [5.74, 6) is 0. The Kier molecular flexibility index (Phi) is 6.86. The van der Waals surface area contributed by atoms with Crippen LogP contribution < -0.4 is 0 Å². The lowest BCUT2D eigenvalue weighted by atomic mass is 9.96. The molecule has 1 aliphatic carbocycles. The third-order valence-corrected chi connectivity index (χ3v) is 13.6. The Balaban J connectivity index is 0.968. The molecule has 2 heteroatoms. The highest BCUT2D eigenvalue weighted by molar-refractivity contribution is 6.20. The minimum atomic E-state index is 1.15. The maximum atomic E-state index is 2.50. The number of nitrogens with zero attached hydrogens (tertiary/aromatic N) is 2. The number of aromatic nitrogens is 2. The maximum Gasteiger partial charge on any atom is 0.0619 e. The molecular weight excluding hydrogens is 749 g/mol. The number of benzene rings is 11. The molecule has 0 aliphatic heterocycles. The summed E-state index contributed by atoms with van der Waals surface area (Å²) >= 11 is 0. The second-order valence-electron chi connectivity index (χ2n) is 16.9. The molecule has 0 N–H and O–H groups in total. The summed E-state index contributed by atoms with van der Waals surface area (Å²) in [5.41, 5.74) is 17.3. The molecule has 0 saturated carbocycles. The first-order chi connectivity index (χ1) is 30.7. The highest BCUT2D eigenvalue weighted by Gasteiger charge is 2.23. The van der Waals surface area contributed by atoms with Gasteiger partial charge in [0.05, 0.1) is 22.1 Å². The van der Waals surface area contributed by atoms with Crippen LogP contribution in [-0.4, -0.2) is 9.13 Å². The van der Waals surface area contributed by atoms with Crippen LogP contribution in [0.25, 0.3) is 132 Å². The maximum absolute atomic E-state index is 2.50. The van der Waals surface area contributed by atoms with Crippen molar-refractivity contribution in [2.75, 3.05) is 0 Å². The lowest BCUT2D eigenvalue weighted by molar-refractivity contribution is 1.18. The van der Waals surface area contributed by atoms with Gasteiger partial charge < -0.3 is 9.13 Å². The van der Waals surface area contributed by atoms with Crippen LogP contribution in [0.4, 0.5) is 0 Å². The molecule has 14 rings (SSSR count). The van der Waals surface area contributed by atoms with Crippen molar-refractivity contribution in [2.45, 2.75) is 0 Å². The molecule has 0 amide bonds. The minimum absolute atomic E-state index is 1.15. The van der Waals surface area contributed by atoms with Gasteiger partial charge in [-0.2, -0.15) is 0 Å². The van der Waals surface area contributed by atoms with E-state index in [0.717, 1.165) is 5.69 Å². The van der Waals surface area contributed by atoms with E-state index in [2.05, 4.69) is 228 Å². The molecule has 0 fully saturated rings. The standard InChI is InChI=1S/C60H36N2/c1-2-17-45(18-3-1)61-56-28-25-42(34-53(56)54-32-39-13-4-5-14-40(39)36-58(54)61)41-26-29-57-52(33-41)51-27-24-37-12-6-7-20-47(37)60(51)62(57)46-19-10-15-38(31-46)44-30-43-16-11-23-50-48-21-8-9-22-49(48)55(35-44)59(43)50/h1-36H. The van der Waals surface area contributed by atoms with Crippen molar-refractivity contribution in [3.63, 3.8) is 0 Å². The summed E-state index contributed by atoms with van der Waals surface area (Å²) in [6, 6.07) is 81.1. The van der Waals surface area contributed by atoms with Gasteiger partial charge in [-0.25, -0.2) is 0 Å². The van der Waals surface area contributed by atoms with Crippen LogP contribution >= 0.6 is 0 Å². The molecular formula is C60H36N2. The predicted molar refractivity (Wildman–Crippen MR) is 263 cm³/mol. The van der Waals surface area contributed by atoms with E-state index in [1.165, 1.54) is 126 Å². The number of hydrogen-bond acceptors (Lipinski definition) is 0. The molecule has 13 aromatic rings. The van der Waals surface area contributed by atoms with Gasteiger partial charge >= 0.3 is 0 Å². The molecule has 2 heterocycles. The Morgan fingerprint density at radius 2 is 0.839 bits per heavy atom. The summed E-state index contributed by atoms with van der Waals surface area (Å²) in [4.78, 5) is 0. The minimum Gasteiger partial charge on any atom is -0.309 e. The smallest absolute Gasteiger partial charge is 0.0619 e. The normalized spacial score (nSPS) is 12.2. The molecule has 0 radical (unpaired) electrons. The molecule has 0 saturated heterocycles. The van der Waals surface area contributed by atoms with Gasteiger partial charge in [-0.3, -0.25) is 0 Å². The summed E-state index contributed by atoms with van der Waals surface area (Å²) < 4.78 is 4.91. The topological polar surface area (TPSA) is 9.86 Å². The Labute approximate surface area is 357 Å². The first-order valence-electron chi connectivity index (χ1n) is 21.5. The van der Waals surface area contributed by atoms with E-state index in [9.17, 15) is 0 Å². The SMILES string of the molecule is c1ccc(-n2c3ccc(-c4ccc5c(c4)c4ccc6ccccc6c4n5-c4cccc(-c5cc6c7c(cccc7c5)-c5ccccc5-6)c4)cc3c3cc4ccccc4cc32)cc1. The average Bonchev–Trinajstić information content (AvgIpc) is 3.97. The van der Waals surface area contributed by atoms with E-state index in [1.807, 2.05) is 0 Å². The lowest BCUT2D eigenvalue weighted by Gasteiger charge is -2.13. The van der Waals surface area contributed by atoms with Gasteiger partial charge in [0, 0.05) is 38.3 Å². The van der Waals surface area contributed by atoms with Gasteiger partial charge in [-0.1, -0.05) is 146 Å². The van der Waals surface area contributed by atoms with Crippen molar-refractivity contribution in [3.05, 3.63) is 218 Å². The fourth-order valence-electron chi connectivity index (χ4n) is 10.8. The largest absolute Gasteiger partial charge is 0.309 e. The molecule has 1 aliphatic rings. The molecule has 2 nitrogen and oxygen atoms in total. The van der Waals surface area contributed by atoms with Crippen molar-refractivity contribution in [1.82, 2.24) is 9.13 Å². The van der Waals surface area contributed by atoms with Crippen LogP contribution in [-0.2, 0) is 0 Å². The highest BCUT2D eigenvalue weighted by Crippen LogP contribution is 2.49. The van der Waals surface area contributed by atoms with E-state index >= 15 is 0 Å². The Bertz CT molecular complexity index is 4030. The van der Waals surface area contributed by atoms with E-state index in [4.69, 9.17) is 0 Å². The van der Waals surface area contributed by atoms with E-state index in [1.54, 1.807) is 0 Å². The molecule has 0 atom stereocenters. The third kappa shape index (κ3) is 4.75. The average molecular weight is 785 g/mol. The van der Waals surface area contributed by atoms with Crippen LogP contribution in [0.3, 0.4) is 0 Å². The summed E-state index contributed by atoms with van der Waals surface area (Å²) in [5, 5.41) is 12.6. The molecule has 286 valence electrons. The molecule has 0 unspecified atom stereocenters. The Morgan fingerprint density at radius 1 is 0.242 bits per heavy atom. The first kappa shape index (κ1) is 33.6. The van der Waals surface area contributed by atoms with Crippen LogP contribution in [0.2, 0.25) is 0 Å². The predicted octanol–water partition coefficient (Wildman–Crippen LogP) is 16.3. The Morgan fingerprint density at radius 3 is 1.66 bits per heavy atom.